The first-order chi connectivity index (χ1) is 8.19. The van der Waals surface area contributed by atoms with Gasteiger partial charge in [0.05, 0.1) is 0 Å². The molecule has 0 saturated carbocycles. The van der Waals surface area contributed by atoms with E-state index in [1.807, 2.05) is 6.07 Å². The third kappa shape index (κ3) is 4.76. The lowest BCUT2D eigenvalue weighted by molar-refractivity contribution is 0.459. The summed E-state index contributed by atoms with van der Waals surface area (Å²) in [4.78, 5) is 0. The largest absolute Gasteiger partial charge is 0.310 e. The molecular formula is C14H21BrFN. The second-order valence-electron chi connectivity index (χ2n) is 4.31. The van der Waals surface area contributed by atoms with Crippen molar-refractivity contribution in [3.63, 3.8) is 0 Å². The Morgan fingerprint density at radius 1 is 1.29 bits per heavy atom. The molecule has 0 aromatic heterocycles. The number of hydrogen-bond acceptors (Lipinski definition) is 1. The van der Waals surface area contributed by atoms with Gasteiger partial charge in [0, 0.05) is 16.1 Å². The second kappa shape index (κ2) is 7.83. The van der Waals surface area contributed by atoms with Gasteiger partial charge in [-0.2, -0.15) is 0 Å². The van der Waals surface area contributed by atoms with Crippen LogP contribution >= 0.6 is 15.9 Å². The predicted octanol–water partition coefficient (Wildman–Crippen LogP) is 4.82. The second-order valence-corrected chi connectivity index (χ2v) is 5.23. The maximum absolute atomic E-state index is 13.8. The quantitative estimate of drug-likeness (QED) is 0.761. The van der Waals surface area contributed by atoms with Crippen LogP contribution in [0.15, 0.2) is 22.7 Å². The Bertz CT molecular complexity index is 333. The van der Waals surface area contributed by atoms with Crippen LogP contribution in [0.1, 0.15) is 51.1 Å². The van der Waals surface area contributed by atoms with Gasteiger partial charge in [-0.1, -0.05) is 42.6 Å². The predicted molar refractivity (Wildman–Crippen MR) is 74.7 cm³/mol. The van der Waals surface area contributed by atoms with E-state index in [9.17, 15) is 4.39 Å². The van der Waals surface area contributed by atoms with Gasteiger partial charge in [0.25, 0.3) is 0 Å². The van der Waals surface area contributed by atoms with Crippen LogP contribution in [0.2, 0.25) is 0 Å². The molecule has 0 saturated heterocycles. The fraction of sp³-hybridized carbons (Fsp3) is 0.571. The normalized spacial score (nSPS) is 12.7. The highest BCUT2D eigenvalue weighted by molar-refractivity contribution is 9.10. The van der Waals surface area contributed by atoms with Crippen LogP contribution in [0.4, 0.5) is 4.39 Å². The van der Waals surface area contributed by atoms with Gasteiger partial charge in [-0.05, 0) is 37.6 Å². The molecule has 0 bridgehead atoms. The van der Waals surface area contributed by atoms with E-state index in [1.165, 1.54) is 6.07 Å². The van der Waals surface area contributed by atoms with E-state index in [0.29, 0.717) is 0 Å². The lowest BCUT2D eigenvalue weighted by Crippen LogP contribution is -2.23. The van der Waals surface area contributed by atoms with Crippen LogP contribution in [-0.2, 0) is 0 Å². The standard InChI is InChI=1S/C14H21BrFN/c1-3-5-6-14(17-9-4-2)12-10-11(15)7-8-13(12)16/h7-8,10,14,17H,3-6,9H2,1-2H3. The minimum atomic E-state index is -0.113. The summed E-state index contributed by atoms with van der Waals surface area (Å²) in [5, 5.41) is 3.43. The molecule has 0 radical (unpaired) electrons. The average Bonchev–Trinajstić information content (AvgIpc) is 2.33. The summed E-state index contributed by atoms with van der Waals surface area (Å²) in [6.07, 6.45) is 4.31. The topological polar surface area (TPSA) is 12.0 Å². The fourth-order valence-corrected chi connectivity index (χ4v) is 2.25. The molecule has 0 aliphatic rings. The van der Waals surface area contributed by atoms with Crippen molar-refractivity contribution in [2.75, 3.05) is 6.54 Å². The Balaban J connectivity index is 2.82. The molecular weight excluding hydrogens is 281 g/mol. The highest BCUT2D eigenvalue weighted by Gasteiger charge is 2.14. The van der Waals surface area contributed by atoms with Crippen LogP contribution in [0, 0.1) is 5.82 Å². The highest BCUT2D eigenvalue weighted by Crippen LogP contribution is 2.25. The van der Waals surface area contributed by atoms with Crippen molar-refractivity contribution < 1.29 is 4.39 Å². The molecule has 1 aromatic rings. The lowest BCUT2D eigenvalue weighted by atomic mass is 10.0. The lowest BCUT2D eigenvalue weighted by Gasteiger charge is -2.19. The highest BCUT2D eigenvalue weighted by atomic mass is 79.9. The first kappa shape index (κ1) is 14.7. The minimum Gasteiger partial charge on any atom is -0.310 e. The summed E-state index contributed by atoms with van der Waals surface area (Å²) in [6, 6.07) is 5.30. The van der Waals surface area contributed by atoms with Crippen molar-refractivity contribution >= 4 is 15.9 Å². The third-order valence-corrected chi connectivity index (χ3v) is 3.31. The third-order valence-electron chi connectivity index (χ3n) is 2.82. The van der Waals surface area contributed by atoms with Gasteiger partial charge in [0.2, 0.25) is 0 Å². The molecule has 0 aliphatic heterocycles. The summed E-state index contributed by atoms with van der Waals surface area (Å²) in [6.45, 7) is 5.22. The van der Waals surface area contributed by atoms with E-state index in [2.05, 4.69) is 35.1 Å². The molecule has 0 heterocycles. The van der Waals surface area contributed by atoms with Crippen molar-refractivity contribution in [1.29, 1.82) is 0 Å². The van der Waals surface area contributed by atoms with Crippen LogP contribution in [0.5, 0.6) is 0 Å². The zero-order chi connectivity index (χ0) is 12.7. The first-order valence-electron chi connectivity index (χ1n) is 6.37. The van der Waals surface area contributed by atoms with E-state index in [-0.39, 0.29) is 11.9 Å². The molecule has 1 nitrogen and oxygen atoms in total. The Morgan fingerprint density at radius 2 is 2.06 bits per heavy atom. The molecule has 1 N–H and O–H groups in total. The van der Waals surface area contributed by atoms with Crippen molar-refractivity contribution in [3.8, 4) is 0 Å². The number of rotatable bonds is 7. The summed E-state index contributed by atoms with van der Waals surface area (Å²) in [7, 11) is 0. The van der Waals surface area contributed by atoms with Gasteiger partial charge in [-0.25, -0.2) is 4.39 Å². The summed E-state index contributed by atoms with van der Waals surface area (Å²) < 4.78 is 14.8. The Labute approximate surface area is 112 Å². The summed E-state index contributed by atoms with van der Waals surface area (Å²) >= 11 is 3.41. The minimum absolute atomic E-state index is 0.113. The van der Waals surface area contributed by atoms with Gasteiger partial charge in [-0.15, -0.1) is 0 Å². The van der Waals surface area contributed by atoms with E-state index < -0.39 is 0 Å². The van der Waals surface area contributed by atoms with Gasteiger partial charge >= 0.3 is 0 Å². The molecule has 0 spiro atoms. The van der Waals surface area contributed by atoms with Gasteiger partial charge in [-0.3, -0.25) is 0 Å². The molecule has 1 unspecified atom stereocenters. The van der Waals surface area contributed by atoms with E-state index in [1.54, 1.807) is 6.07 Å². The Kier molecular flexibility index (Phi) is 6.75. The van der Waals surface area contributed by atoms with Gasteiger partial charge in [0.15, 0.2) is 0 Å². The van der Waals surface area contributed by atoms with Crippen LogP contribution in [0.3, 0.4) is 0 Å². The fourth-order valence-electron chi connectivity index (χ4n) is 1.88. The first-order valence-corrected chi connectivity index (χ1v) is 7.16. The zero-order valence-corrected chi connectivity index (χ0v) is 12.2. The number of hydrogen-bond donors (Lipinski definition) is 1. The monoisotopic (exact) mass is 301 g/mol. The zero-order valence-electron chi connectivity index (χ0n) is 10.6. The molecule has 17 heavy (non-hydrogen) atoms. The average molecular weight is 302 g/mol. The number of benzene rings is 1. The SMILES string of the molecule is CCCCC(NCCC)c1cc(Br)ccc1F. The van der Waals surface area contributed by atoms with Crippen molar-refractivity contribution in [3.05, 3.63) is 34.1 Å². The number of halogens is 2. The van der Waals surface area contributed by atoms with Gasteiger partial charge in [0.1, 0.15) is 5.82 Å². The Morgan fingerprint density at radius 3 is 2.71 bits per heavy atom. The molecule has 3 heteroatoms. The van der Waals surface area contributed by atoms with E-state index in [0.717, 1.165) is 42.3 Å². The maximum atomic E-state index is 13.8. The molecule has 0 aliphatic carbocycles. The molecule has 0 fully saturated rings. The molecule has 1 rings (SSSR count). The molecule has 96 valence electrons. The van der Waals surface area contributed by atoms with Crippen molar-refractivity contribution in [2.24, 2.45) is 0 Å². The van der Waals surface area contributed by atoms with Crippen LogP contribution < -0.4 is 5.32 Å². The Hall–Kier alpha value is -0.410. The number of nitrogens with one attached hydrogen (secondary N) is 1. The molecule has 1 atom stereocenters. The van der Waals surface area contributed by atoms with E-state index in [4.69, 9.17) is 0 Å². The van der Waals surface area contributed by atoms with Crippen LogP contribution in [-0.4, -0.2) is 6.54 Å². The maximum Gasteiger partial charge on any atom is 0.128 e. The van der Waals surface area contributed by atoms with Crippen molar-refractivity contribution in [1.82, 2.24) is 5.32 Å². The number of unbranched alkanes of at least 4 members (excludes halogenated alkanes) is 1. The molecule has 0 amide bonds. The van der Waals surface area contributed by atoms with E-state index >= 15 is 0 Å². The molecule has 1 aromatic carbocycles. The smallest absolute Gasteiger partial charge is 0.128 e. The van der Waals surface area contributed by atoms with Gasteiger partial charge < -0.3 is 5.32 Å². The summed E-state index contributed by atoms with van der Waals surface area (Å²) in [5.41, 5.74) is 0.779. The summed E-state index contributed by atoms with van der Waals surface area (Å²) in [5.74, 6) is -0.113. The van der Waals surface area contributed by atoms with Crippen molar-refractivity contribution in [2.45, 2.75) is 45.6 Å². The van der Waals surface area contributed by atoms with Crippen LogP contribution in [0.25, 0.3) is 0 Å².